The number of halogens is 3. The van der Waals surface area contributed by atoms with Gasteiger partial charge in [0.15, 0.2) is 11.5 Å². The van der Waals surface area contributed by atoms with E-state index in [0.717, 1.165) is 10.7 Å². The molecule has 0 aliphatic rings. The average Bonchev–Trinajstić information content (AvgIpc) is 3.38. The monoisotopic (exact) mass is 635 g/mol. The number of carbonyl (C=O) groups excluding carboxylic acids is 1. The molecular weight excluding hydrogens is 607 g/mol. The first kappa shape index (κ1) is 32.0. The van der Waals surface area contributed by atoms with Crippen molar-refractivity contribution in [2.75, 3.05) is 26.6 Å². The number of carbonyl (C=O) groups is 1. The lowest BCUT2D eigenvalue weighted by atomic mass is 10.1. The minimum atomic E-state index is -4.74. The Morgan fingerprint density at radius 1 is 0.955 bits per heavy atom. The summed E-state index contributed by atoms with van der Waals surface area (Å²) in [5.74, 6) is -0.421. The van der Waals surface area contributed by atoms with Gasteiger partial charge in [-0.2, -0.15) is 23.3 Å². The zero-order chi connectivity index (χ0) is 32.4. The number of amides is 1. The number of hydrogen-bond donors (Lipinski definition) is 2. The molecule has 4 rings (SSSR count). The van der Waals surface area contributed by atoms with Gasteiger partial charge in [0.25, 0.3) is 5.91 Å². The Kier molecular flexibility index (Phi) is 8.98. The molecule has 0 aliphatic carbocycles. The van der Waals surface area contributed by atoms with Gasteiger partial charge in [0.2, 0.25) is 21.9 Å². The molecule has 0 aliphatic heterocycles. The SMILES string of the molecule is COc1cc(Nc2ncc(-c3cnc(OC)c(C(=O)NS(=O)(=O)C(C)C)c3)c(-n3nc(C(F)(F)F)cc3C)n2)cc(OC)c1. The van der Waals surface area contributed by atoms with Crippen molar-refractivity contribution in [1.82, 2.24) is 29.5 Å². The molecule has 0 saturated heterocycles. The average molecular weight is 636 g/mol. The lowest BCUT2D eigenvalue weighted by molar-refractivity contribution is -0.141. The standard InChI is InChI=1S/C27H28F3N7O6S/c1-14(2)44(39,40)36-24(38)20-8-16(12-31-25(20)43-6)21-13-32-26(33-17-9-18(41-4)11-19(10-17)42-5)34-23(21)37-15(3)7-22(35-37)27(28,29)30/h7-14H,1-6H3,(H,36,38)(H,32,33,34). The lowest BCUT2D eigenvalue weighted by Gasteiger charge is -2.15. The minimum absolute atomic E-state index is 0.0232. The smallest absolute Gasteiger partial charge is 0.435 e. The normalized spacial score (nSPS) is 11.8. The van der Waals surface area contributed by atoms with Crippen LogP contribution in [0.3, 0.4) is 0 Å². The summed E-state index contributed by atoms with van der Waals surface area (Å²) in [5, 5.41) is 5.79. The number of nitrogens with zero attached hydrogens (tertiary/aromatic N) is 5. The number of nitrogens with one attached hydrogen (secondary N) is 2. The van der Waals surface area contributed by atoms with Gasteiger partial charge in [0.1, 0.15) is 17.1 Å². The quantitative estimate of drug-likeness (QED) is 0.256. The van der Waals surface area contributed by atoms with Crippen LogP contribution in [-0.4, -0.2) is 65.6 Å². The van der Waals surface area contributed by atoms with E-state index >= 15 is 0 Å². The third-order valence-electron chi connectivity index (χ3n) is 6.21. The van der Waals surface area contributed by atoms with Gasteiger partial charge in [-0.15, -0.1) is 0 Å². The fraction of sp³-hybridized carbons (Fsp3) is 0.296. The van der Waals surface area contributed by atoms with E-state index in [1.165, 1.54) is 60.6 Å². The molecule has 234 valence electrons. The van der Waals surface area contributed by atoms with Crippen LogP contribution in [0.2, 0.25) is 0 Å². The molecule has 0 spiro atoms. The fourth-order valence-electron chi connectivity index (χ4n) is 3.86. The molecule has 0 atom stereocenters. The molecule has 13 nitrogen and oxygen atoms in total. The highest BCUT2D eigenvalue weighted by Crippen LogP contribution is 2.34. The molecule has 2 N–H and O–H groups in total. The molecule has 1 aromatic carbocycles. The second kappa shape index (κ2) is 12.4. The van der Waals surface area contributed by atoms with Crippen LogP contribution < -0.4 is 24.2 Å². The number of pyridine rings is 1. The first-order valence-corrected chi connectivity index (χ1v) is 14.3. The number of ether oxygens (including phenoxy) is 3. The van der Waals surface area contributed by atoms with Crippen molar-refractivity contribution < 1.29 is 40.6 Å². The number of benzene rings is 1. The highest BCUT2D eigenvalue weighted by atomic mass is 32.2. The van der Waals surface area contributed by atoms with E-state index in [2.05, 4.69) is 25.4 Å². The largest absolute Gasteiger partial charge is 0.497 e. The number of hydrogen-bond acceptors (Lipinski definition) is 11. The Labute approximate surface area is 250 Å². The van der Waals surface area contributed by atoms with Crippen LogP contribution >= 0.6 is 0 Å². The molecule has 0 radical (unpaired) electrons. The number of rotatable bonds is 10. The molecule has 3 heterocycles. The van der Waals surface area contributed by atoms with Crippen LogP contribution in [0.4, 0.5) is 24.8 Å². The Morgan fingerprint density at radius 2 is 1.61 bits per heavy atom. The maximum Gasteiger partial charge on any atom is 0.435 e. The topological polar surface area (TPSA) is 159 Å². The van der Waals surface area contributed by atoms with Crippen LogP contribution in [0.15, 0.2) is 42.7 Å². The predicted octanol–water partition coefficient (Wildman–Crippen LogP) is 4.29. The maximum absolute atomic E-state index is 13.6. The molecule has 0 bridgehead atoms. The molecule has 4 aromatic rings. The van der Waals surface area contributed by atoms with E-state index in [1.807, 2.05) is 4.72 Å². The third kappa shape index (κ3) is 6.82. The van der Waals surface area contributed by atoms with E-state index in [-0.39, 0.29) is 40.0 Å². The first-order valence-electron chi connectivity index (χ1n) is 12.8. The van der Waals surface area contributed by atoms with Crippen molar-refractivity contribution in [3.63, 3.8) is 0 Å². The van der Waals surface area contributed by atoms with Crippen molar-refractivity contribution in [2.45, 2.75) is 32.2 Å². The van der Waals surface area contributed by atoms with Gasteiger partial charge >= 0.3 is 6.18 Å². The number of sulfonamides is 1. The number of anilines is 2. The fourth-order valence-corrected chi connectivity index (χ4v) is 4.47. The van der Waals surface area contributed by atoms with Gasteiger partial charge in [-0.25, -0.2) is 27.8 Å². The highest BCUT2D eigenvalue weighted by Gasteiger charge is 2.35. The van der Waals surface area contributed by atoms with E-state index in [4.69, 9.17) is 14.2 Å². The van der Waals surface area contributed by atoms with Crippen LogP contribution in [0.1, 0.15) is 35.6 Å². The van der Waals surface area contributed by atoms with E-state index in [9.17, 15) is 26.4 Å². The number of methoxy groups -OCH3 is 3. The summed E-state index contributed by atoms with van der Waals surface area (Å²) in [5.41, 5.74) is -0.587. The second-order valence-corrected chi connectivity index (χ2v) is 11.8. The molecule has 3 aromatic heterocycles. The zero-order valence-corrected chi connectivity index (χ0v) is 25.2. The van der Waals surface area contributed by atoms with Gasteiger partial charge in [-0.3, -0.25) is 4.79 Å². The molecule has 17 heteroatoms. The van der Waals surface area contributed by atoms with Crippen molar-refractivity contribution in [1.29, 1.82) is 0 Å². The molecule has 1 amide bonds. The number of alkyl halides is 3. The number of aromatic nitrogens is 5. The Hall–Kier alpha value is -4.93. The zero-order valence-electron chi connectivity index (χ0n) is 24.3. The van der Waals surface area contributed by atoms with Gasteiger partial charge in [-0.05, 0) is 32.9 Å². The van der Waals surface area contributed by atoms with Gasteiger partial charge in [0, 0.05) is 53.1 Å². The maximum atomic E-state index is 13.6. The highest BCUT2D eigenvalue weighted by molar-refractivity contribution is 7.90. The van der Waals surface area contributed by atoms with E-state index < -0.39 is 33.1 Å². The van der Waals surface area contributed by atoms with Crippen molar-refractivity contribution in [3.05, 3.63) is 59.7 Å². The molecule has 0 unspecified atom stereocenters. The molecule has 0 saturated carbocycles. The summed E-state index contributed by atoms with van der Waals surface area (Å²) in [6, 6.07) is 7.02. The minimum Gasteiger partial charge on any atom is -0.497 e. The predicted molar refractivity (Wildman–Crippen MR) is 153 cm³/mol. The summed E-state index contributed by atoms with van der Waals surface area (Å²) in [4.78, 5) is 25.9. The van der Waals surface area contributed by atoms with Gasteiger partial charge in [-0.1, -0.05) is 0 Å². The first-order chi connectivity index (χ1) is 20.7. The van der Waals surface area contributed by atoms with E-state index in [0.29, 0.717) is 17.2 Å². The summed E-state index contributed by atoms with van der Waals surface area (Å²) in [7, 11) is 0.161. The van der Waals surface area contributed by atoms with Crippen molar-refractivity contribution in [2.24, 2.45) is 0 Å². The summed E-state index contributed by atoms with van der Waals surface area (Å²) >= 11 is 0. The number of aryl methyl sites for hydroxylation is 1. The van der Waals surface area contributed by atoms with Gasteiger partial charge < -0.3 is 19.5 Å². The van der Waals surface area contributed by atoms with Crippen LogP contribution in [0, 0.1) is 6.92 Å². The summed E-state index contributed by atoms with van der Waals surface area (Å²) < 4.78 is 84.1. The molecular formula is C27H28F3N7O6S. The lowest BCUT2D eigenvalue weighted by Crippen LogP contribution is -2.36. The van der Waals surface area contributed by atoms with E-state index in [1.54, 1.807) is 18.2 Å². The Morgan fingerprint density at radius 3 is 2.16 bits per heavy atom. The van der Waals surface area contributed by atoms with Gasteiger partial charge in [0.05, 0.1) is 26.6 Å². The molecule has 44 heavy (non-hydrogen) atoms. The molecule has 0 fully saturated rings. The summed E-state index contributed by atoms with van der Waals surface area (Å²) in [6.45, 7) is 4.20. The van der Waals surface area contributed by atoms with Crippen LogP contribution in [0.25, 0.3) is 16.9 Å². The van der Waals surface area contributed by atoms with Crippen LogP contribution in [0.5, 0.6) is 17.4 Å². The van der Waals surface area contributed by atoms with Crippen LogP contribution in [-0.2, 0) is 16.2 Å². The summed E-state index contributed by atoms with van der Waals surface area (Å²) in [6.07, 6.45) is -2.17. The van der Waals surface area contributed by atoms with Crippen molar-refractivity contribution in [3.8, 4) is 34.3 Å². The second-order valence-electron chi connectivity index (χ2n) is 9.54. The third-order valence-corrected chi connectivity index (χ3v) is 7.92. The van der Waals surface area contributed by atoms with Crippen molar-refractivity contribution >= 4 is 27.6 Å². The Balaban J connectivity index is 1.88. The Bertz CT molecular complexity index is 1790.